The Hall–Kier alpha value is -4.01. The van der Waals surface area contributed by atoms with Gasteiger partial charge in [0.2, 0.25) is 11.6 Å². The Labute approximate surface area is 248 Å². The van der Waals surface area contributed by atoms with E-state index in [1.807, 2.05) is 97.1 Å². The minimum absolute atomic E-state index is 0.159. The first-order chi connectivity index (χ1) is 21.0. The highest BCUT2D eigenvalue weighted by molar-refractivity contribution is 7.48. The SMILES string of the molecule is O=P(O)(OC1=Cc2ccccc2C2(OCCO2)c2ccccc21)OC1=Cc2ccccc2C2(OCCO2)c2ccccc21. The van der Waals surface area contributed by atoms with Crippen LogP contribution in [0.4, 0.5) is 0 Å². The lowest BCUT2D eigenvalue weighted by atomic mass is 9.92. The van der Waals surface area contributed by atoms with Crippen LogP contribution in [-0.2, 0) is 44.1 Å². The molecule has 216 valence electrons. The minimum atomic E-state index is -4.79. The maximum Gasteiger partial charge on any atom is 0.584 e. The monoisotopic (exact) mass is 594 g/mol. The van der Waals surface area contributed by atoms with Gasteiger partial charge in [-0.2, -0.15) is 0 Å². The molecular weight excluding hydrogens is 567 g/mol. The van der Waals surface area contributed by atoms with Gasteiger partial charge >= 0.3 is 7.82 Å². The number of ether oxygens (including phenoxy) is 4. The van der Waals surface area contributed by atoms with Crippen LogP contribution in [0.5, 0.6) is 0 Å². The predicted octanol–water partition coefficient (Wildman–Crippen LogP) is 6.64. The van der Waals surface area contributed by atoms with Crippen molar-refractivity contribution < 1.29 is 37.5 Å². The second-order valence-corrected chi connectivity index (χ2v) is 11.9. The average Bonchev–Trinajstić information content (AvgIpc) is 3.69. The van der Waals surface area contributed by atoms with E-state index < -0.39 is 19.4 Å². The van der Waals surface area contributed by atoms with Gasteiger partial charge in [-0.1, -0.05) is 97.1 Å². The van der Waals surface area contributed by atoms with E-state index in [9.17, 15) is 9.46 Å². The van der Waals surface area contributed by atoms with Crippen LogP contribution < -0.4 is 0 Å². The molecule has 9 heteroatoms. The van der Waals surface area contributed by atoms with Gasteiger partial charge in [0.05, 0.1) is 26.4 Å². The van der Waals surface area contributed by atoms with Crippen LogP contribution >= 0.6 is 7.82 Å². The van der Waals surface area contributed by atoms with Gasteiger partial charge in [-0.05, 0) is 23.3 Å². The van der Waals surface area contributed by atoms with Crippen molar-refractivity contribution in [3.8, 4) is 0 Å². The summed E-state index contributed by atoms with van der Waals surface area (Å²) in [6.07, 6.45) is 3.44. The zero-order chi connectivity index (χ0) is 29.1. The second kappa shape index (κ2) is 10.0. The molecule has 2 fully saturated rings. The first-order valence-electron chi connectivity index (χ1n) is 14.1. The lowest BCUT2D eigenvalue weighted by Gasteiger charge is -2.30. The molecule has 2 aliphatic carbocycles. The molecule has 0 bridgehead atoms. The van der Waals surface area contributed by atoms with E-state index in [1.54, 1.807) is 12.2 Å². The van der Waals surface area contributed by atoms with Crippen molar-refractivity contribution in [2.24, 2.45) is 0 Å². The van der Waals surface area contributed by atoms with Crippen molar-refractivity contribution in [3.05, 3.63) is 142 Å². The molecule has 1 N–H and O–H groups in total. The van der Waals surface area contributed by atoms with Crippen molar-refractivity contribution in [3.63, 3.8) is 0 Å². The maximum atomic E-state index is 13.9. The van der Waals surface area contributed by atoms with Gasteiger partial charge in [-0.25, -0.2) is 4.57 Å². The van der Waals surface area contributed by atoms with E-state index in [-0.39, 0.29) is 11.5 Å². The van der Waals surface area contributed by atoms with E-state index in [0.29, 0.717) is 48.7 Å². The summed E-state index contributed by atoms with van der Waals surface area (Å²) >= 11 is 0. The van der Waals surface area contributed by atoms with E-state index >= 15 is 0 Å². The number of hydrogen-bond donors (Lipinski definition) is 1. The zero-order valence-corrected chi connectivity index (χ0v) is 23.9. The van der Waals surface area contributed by atoms with Gasteiger partial charge in [0.25, 0.3) is 0 Å². The van der Waals surface area contributed by atoms with Crippen molar-refractivity contribution in [1.29, 1.82) is 0 Å². The smallest absolute Gasteiger partial charge is 0.395 e. The van der Waals surface area contributed by atoms with Crippen molar-refractivity contribution in [2.75, 3.05) is 26.4 Å². The third-order valence-corrected chi connectivity index (χ3v) is 8.97. The predicted molar refractivity (Wildman–Crippen MR) is 159 cm³/mol. The molecule has 2 saturated heterocycles. The van der Waals surface area contributed by atoms with Crippen LogP contribution in [0.25, 0.3) is 23.7 Å². The van der Waals surface area contributed by atoms with Crippen LogP contribution in [0.3, 0.4) is 0 Å². The molecular formula is C34H27O8P. The maximum absolute atomic E-state index is 13.9. The van der Waals surface area contributed by atoms with Gasteiger partial charge < -0.3 is 28.0 Å². The second-order valence-electron chi connectivity index (χ2n) is 10.6. The van der Waals surface area contributed by atoms with Gasteiger partial charge in [-0.3, -0.25) is 4.89 Å². The normalized spacial score (nSPS) is 19.3. The average molecular weight is 595 g/mol. The third-order valence-electron chi connectivity index (χ3n) is 8.11. The fourth-order valence-corrected chi connectivity index (χ4v) is 7.24. The topological polar surface area (TPSA) is 92.7 Å². The first kappa shape index (κ1) is 26.6. The zero-order valence-electron chi connectivity index (χ0n) is 23.0. The van der Waals surface area contributed by atoms with Crippen molar-refractivity contribution in [1.82, 2.24) is 0 Å². The molecule has 8 nitrogen and oxygen atoms in total. The summed E-state index contributed by atoms with van der Waals surface area (Å²) in [5.41, 5.74) is 5.51. The van der Waals surface area contributed by atoms with Crippen LogP contribution in [0.1, 0.15) is 44.5 Å². The Morgan fingerprint density at radius 2 is 0.884 bits per heavy atom. The lowest BCUT2D eigenvalue weighted by Crippen LogP contribution is -2.30. The molecule has 2 spiro atoms. The number of hydrogen-bond acceptors (Lipinski definition) is 7. The molecule has 0 saturated carbocycles. The summed E-state index contributed by atoms with van der Waals surface area (Å²) in [4.78, 5) is 11.4. The number of rotatable bonds is 4. The molecule has 2 heterocycles. The molecule has 2 aliphatic heterocycles. The Bertz CT molecular complexity index is 1720. The number of phosphoric ester groups is 1. The Morgan fingerprint density at radius 1 is 0.535 bits per heavy atom. The summed E-state index contributed by atoms with van der Waals surface area (Å²) in [5.74, 6) is -2.02. The van der Waals surface area contributed by atoms with Crippen molar-refractivity contribution >= 4 is 31.5 Å². The highest BCUT2D eigenvalue weighted by atomic mass is 31.2. The van der Waals surface area contributed by atoms with Crippen LogP contribution in [0.15, 0.2) is 97.1 Å². The Balaban J connectivity index is 1.22. The minimum Gasteiger partial charge on any atom is -0.395 e. The quantitative estimate of drug-likeness (QED) is 0.263. The Morgan fingerprint density at radius 3 is 1.30 bits per heavy atom. The van der Waals surface area contributed by atoms with Gasteiger partial charge in [0.15, 0.2) is 0 Å². The highest BCUT2D eigenvalue weighted by Gasteiger charge is 2.48. The Kier molecular flexibility index (Phi) is 6.21. The largest absolute Gasteiger partial charge is 0.584 e. The summed E-state index contributed by atoms with van der Waals surface area (Å²) in [6.45, 7) is 1.63. The van der Waals surface area contributed by atoms with Crippen LogP contribution in [0.2, 0.25) is 0 Å². The van der Waals surface area contributed by atoms with E-state index in [2.05, 4.69) is 0 Å². The fourth-order valence-electron chi connectivity index (χ4n) is 6.41. The lowest BCUT2D eigenvalue weighted by molar-refractivity contribution is -0.130. The summed E-state index contributed by atoms with van der Waals surface area (Å²) < 4.78 is 50.8. The molecule has 4 aliphatic rings. The van der Waals surface area contributed by atoms with E-state index in [4.69, 9.17) is 28.0 Å². The number of benzene rings is 4. The van der Waals surface area contributed by atoms with E-state index in [0.717, 1.165) is 22.3 Å². The third kappa shape index (κ3) is 4.22. The molecule has 0 amide bonds. The highest BCUT2D eigenvalue weighted by Crippen LogP contribution is 2.56. The number of fused-ring (bicyclic) bond motifs is 8. The summed E-state index contributed by atoms with van der Waals surface area (Å²) in [5, 5.41) is 0. The molecule has 0 radical (unpaired) electrons. The fraction of sp³-hybridized carbons (Fsp3) is 0.176. The molecule has 4 aromatic carbocycles. The molecule has 0 aromatic heterocycles. The van der Waals surface area contributed by atoms with Crippen LogP contribution in [-0.4, -0.2) is 31.3 Å². The van der Waals surface area contributed by atoms with Gasteiger partial charge in [0.1, 0.15) is 11.5 Å². The van der Waals surface area contributed by atoms with Crippen LogP contribution in [0, 0.1) is 0 Å². The van der Waals surface area contributed by atoms with Crippen molar-refractivity contribution in [2.45, 2.75) is 11.6 Å². The molecule has 43 heavy (non-hydrogen) atoms. The summed E-state index contributed by atoms with van der Waals surface area (Å²) in [7, 11) is -4.79. The van der Waals surface area contributed by atoms with Gasteiger partial charge in [0, 0.05) is 33.4 Å². The van der Waals surface area contributed by atoms with Gasteiger partial charge in [-0.15, -0.1) is 0 Å². The molecule has 0 atom stereocenters. The van der Waals surface area contributed by atoms with E-state index in [1.165, 1.54) is 0 Å². The first-order valence-corrected chi connectivity index (χ1v) is 15.6. The standard InChI is InChI=1S/C34H27O8P/c35-43(36,41-31-21-23-9-1-5-13-27(23)33(37-17-18-38-33)29-15-7-3-11-25(29)31)42-32-22-24-10-2-6-14-28(24)34(39-19-20-40-34)30-16-8-4-12-26(30)32/h1-16,21-22H,17-20H2,(H,35,36). The molecule has 8 rings (SSSR count). The molecule has 4 aromatic rings. The molecule has 0 unspecified atom stereocenters. The summed E-state index contributed by atoms with van der Waals surface area (Å²) in [6, 6.07) is 30.0. The number of phosphoric acid groups is 1.